The zero-order valence-electron chi connectivity index (χ0n) is 13.3. The second kappa shape index (κ2) is 6.96. The third-order valence-electron chi connectivity index (χ3n) is 3.76. The van der Waals surface area contributed by atoms with Crippen molar-refractivity contribution in [1.82, 2.24) is 0 Å². The van der Waals surface area contributed by atoms with E-state index in [2.05, 4.69) is 5.32 Å². The average molecular weight is 319 g/mol. The number of fused-ring (bicyclic) bond motifs is 1. The van der Waals surface area contributed by atoms with Crippen molar-refractivity contribution in [2.75, 3.05) is 11.9 Å². The molecule has 0 heterocycles. The topological polar surface area (TPSA) is 55.4 Å². The number of rotatable bonds is 4. The molecule has 1 N–H and O–H groups in total. The number of hydrogen-bond acceptors (Lipinski definition) is 3. The molecule has 0 atom stereocenters. The van der Waals surface area contributed by atoms with Crippen molar-refractivity contribution in [2.24, 2.45) is 0 Å². The third kappa shape index (κ3) is 3.43. The predicted molar refractivity (Wildman–Crippen MR) is 94.0 cm³/mol. The quantitative estimate of drug-likeness (QED) is 0.741. The van der Waals surface area contributed by atoms with Gasteiger partial charge in [0, 0.05) is 11.1 Å². The van der Waals surface area contributed by atoms with E-state index in [9.17, 15) is 9.59 Å². The van der Waals surface area contributed by atoms with E-state index in [4.69, 9.17) is 4.74 Å². The maximum atomic E-state index is 12.1. The van der Waals surface area contributed by atoms with Crippen LogP contribution in [0.5, 0.6) is 0 Å². The molecule has 120 valence electrons. The Kier molecular flexibility index (Phi) is 4.57. The molecule has 3 aromatic carbocycles. The fourth-order valence-electron chi connectivity index (χ4n) is 2.53. The molecule has 4 heteroatoms. The van der Waals surface area contributed by atoms with E-state index < -0.39 is 5.97 Å². The summed E-state index contributed by atoms with van der Waals surface area (Å²) in [6.07, 6.45) is 0. The van der Waals surface area contributed by atoms with Crippen molar-refractivity contribution in [3.63, 3.8) is 0 Å². The lowest BCUT2D eigenvalue weighted by atomic mass is 10.1. The van der Waals surface area contributed by atoms with Crippen LogP contribution in [-0.4, -0.2) is 18.5 Å². The van der Waals surface area contributed by atoms with E-state index in [0.717, 1.165) is 16.3 Å². The van der Waals surface area contributed by atoms with E-state index in [1.54, 1.807) is 12.1 Å². The van der Waals surface area contributed by atoms with E-state index in [1.807, 2.05) is 61.5 Å². The number of anilines is 1. The Balaban J connectivity index is 1.66. The highest BCUT2D eigenvalue weighted by atomic mass is 16.5. The smallest absolute Gasteiger partial charge is 0.338 e. The van der Waals surface area contributed by atoms with Crippen molar-refractivity contribution in [3.8, 4) is 0 Å². The van der Waals surface area contributed by atoms with Crippen LogP contribution in [0.3, 0.4) is 0 Å². The minimum atomic E-state index is -0.499. The molecule has 0 fully saturated rings. The van der Waals surface area contributed by atoms with Crippen molar-refractivity contribution in [2.45, 2.75) is 6.92 Å². The fraction of sp³-hybridized carbons (Fsp3) is 0.100. The number of ether oxygens (including phenoxy) is 1. The van der Waals surface area contributed by atoms with Gasteiger partial charge in [-0.1, -0.05) is 54.6 Å². The van der Waals surface area contributed by atoms with Gasteiger partial charge in [0.15, 0.2) is 6.61 Å². The summed E-state index contributed by atoms with van der Waals surface area (Å²) in [6, 6.07) is 20.6. The summed E-state index contributed by atoms with van der Waals surface area (Å²) in [5.74, 6) is -0.866. The Morgan fingerprint density at radius 2 is 1.62 bits per heavy atom. The molecule has 0 aromatic heterocycles. The molecule has 0 unspecified atom stereocenters. The second-order valence-electron chi connectivity index (χ2n) is 5.47. The lowest BCUT2D eigenvalue weighted by Gasteiger charge is -2.10. The summed E-state index contributed by atoms with van der Waals surface area (Å²) in [4.78, 5) is 24.1. The maximum Gasteiger partial charge on any atom is 0.338 e. The lowest BCUT2D eigenvalue weighted by molar-refractivity contribution is -0.119. The van der Waals surface area contributed by atoms with Crippen molar-refractivity contribution >= 4 is 28.3 Å². The Morgan fingerprint density at radius 3 is 2.46 bits per heavy atom. The summed E-state index contributed by atoms with van der Waals surface area (Å²) in [7, 11) is 0. The number of amides is 1. The Morgan fingerprint density at radius 1 is 0.917 bits per heavy atom. The average Bonchev–Trinajstić information content (AvgIpc) is 2.60. The van der Waals surface area contributed by atoms with Gasteiger partial charge in [0.05, 0.1) is 5.56 Å². The van der Waals surface area contributed by atoms with Crippen molar-refractivity contribution in [3.05, 3.63) is 77.9 Å². The van der Waals surface area contributed by atoms with Crippen LogP contribution in [0, 0.1) is 6.92 Å². The highest BCUT2D eigenvalue weighted by Gasteiger charge is 2.12. The van der Waals surface area contributed by atoms with Gasteiger partial charge in [-0.15, -0.1) is 0 Å². The maximum absolute atomic E-state index is 12.1. The van der Waals surface area contributed by atoms with Gasteiger partial charge in [-0.05, 0) is 30.0 Å². The molecule has 0 aliphatic carbocycles. The number of aryl methyl sites for hydroxylation is 1. The van der Waals surface area contributed by atoms with Gasteiger partial charge in [0.2, 0.25) is 0 Å². The largest absolute Gasteiger partial charge is 0.452 e. The zero-order valence-corrected chi connectivity index (χ0v) is 13.3. The van der Waals surface area contributed by atoms with Gasteiger partial charge >= 0.3 is 5.97 Å². The van der Waals surface area contributed by atoms with Gasteiger partial charge < -0.3 is 10.1 Å². The summed E-state index contributed by atoms with van der Waals surface area (Å²) in [5.41, 5.74) is 1.98. The van der Waals surface area contributed by atoms with E-state index in [1.165, 1.54) is 0 Å². The molecule has 24 heavy (non-hydrogen) atoms. The van der Waals surface area contributed by atoms with Crippen molar-refractivity contribution in [1.29, 1.82) is 0 Å². The van der Waals surface area contributed by atoms with Crippen LogP contribution in [0.25, 0.3) is 10.8 Å². The molecule has 0 spiro atoms. The number of esters is 1. The molecule has 0 aliphatic rings. The van der Waals surface area contributed by atoms with Crippen LogP contribution in [0.15, 0.2) is 66.7 Å². The first kappa shape index (κ1) is 15.7. The second-order valence-corrected chi connectivity index (χ2v) is 5.47. The molecule has 0 bridgehead atoms. The normalized spacial score (nSPS) is 10.4. The Bertz CT molecular complexity index is 897. The molecular weight excluding hydrogens is 302 g/mol. The molecule has 3 aromatic rings. The minimum absolute atomic E-state index is 0.323. The van der Waals surface area contributed by atoms with Gasteiger partial charge in [-0.25, -0.2) is 4.79 Å². The molecule has 4 nitrogen and oxygen atoms in total. The van der Waals surface area contributed by atoms with E-state index >= 15 is 0 Å². The minimum Gasteiger partial charge on any atom is -0.452 e. The van der Waals surface area contributed by atoms with Gasteiger partial charge in [0.1, 0.15) is 0 Å². The molecule has 1 amide bonds. The molecule has 0 radical (unpaired) electrons. The predicted octanol–water partition coefficient (Wildman–Crippen LogP) is 3.94. The summed E-state index contributed by atoms with van der Waals surface area (Å²) >= 11 is 0. The van der Waals surface area contributed by atoms with E-state index in [0.29, 0.717) is 11.3 Å². The number of carbonyl (C=O) groups is 2. The Labute approximate surface area is 140 Å². The highest BCUT2D eigenvalue weighted by Crippen LogP contribution is 2.22. The van der Waals surface area contributed by atoms with Crippen molar-refractivity contribution < 1.29 is 14.3 Å². The lowest BCUT2D eigenvalue weighted by Crippen LogP contribution is -2.21. The van der Waals surface area contributed by atoms with Crippen LogP contribution in [0.2, 0.25) is 0 Å². The van der Waals surface area contributed by atoms with Gasteiger partial charge in [0.25, 0.3) is 5.91 Å². The number of carbonyl (C=O) groups excluding carboxylic acids is 2. The van der Waals surface area contributed by atoms with E-state index in [-0.39, 0.29) is 12.5 Å². The van der Waals surface area contributed by atoms with Gasteiger partial charge in [-0.2, -0.15) is 0 Å². The molecule has 3 rings (SSSR count). The SMILES string of the molecule is Cc1ccccc1C(=O)OCC(=O)Nc1cccc2ccccc12. The number of hydrogen-bond donors (Lipinski definition) is 1. The standard InChI is InChI=1S/C20H17NO3/c1-14-7-2-4-10-16(14)20(23)24-13-19(22)21-18-12-6-9-15-8-3-5-11-17(15)18/h2-12H,13H2,1H3,(H,21,22). The summed E-state index contributed by atoms with van der Waals surface area (Å²) in [5, 5.41) is 4.77. The van der Waals surface area contributed by atoms with Crippen LogP contribution < -0.4 is 5.32 Å². The first-order valence-electron chi connectivity index (χ1n) is 7.65. The van der Waals surface area contributed by atoms with Crippen LogP contribution in [0.4, 0.5) is 5.69 Å². The third-order valence-corrected chi connectivity index (χ3v) is 3.76. The fourth-order valence-corrected chi connectivity index (χ4v) is 2.53. The summed E-state index contributed by atoms with van der Waals surface area (Å²) in [6.45, 7) is 1.50. The highest BCUT2D eigenvalue weighted by molar-refractivity contribution is 6.03. The first-order valence-corrected chi connectivity index (χ1v) is 7.65. The van der Waals surface area contributed by atoms with Crippen LogP contribution >= 0.6 is 0 Å². The summed E-state index contributed by atoms with van der Waals surface area (Å²) < 4.78 is 5.10. The first-order chi connectivity index (χ1) is 11.6. The zero-order chi connectivity index (χ0) is 16.9. The molecule has 0 aliphatic heterocycles. The Hall–Kier alpha value is -3.14. The van der Waals surface area contributed by atoms with Crippen LogP contribution in [-0.2, 0) is 9.53 Å². The van der Waals surface area contributed by atoms with Gasteiger partial charge in [-0.3, -0.25) is 4.79 Å². The molecule has 0 saturated carbocycles. The molecular formula is C20H17NO3. The monoisotopic (exact) mass is 319 g/mol. The number of benzene rings is 3. The molecule has 0 saturated heterocycles. The number of nitrogens with one attached hydrogen (secondary N) is 1. The van der Waals surface area contributed by atoms with Crippen LogP contribution in [0.1, 0.15) is 15.9 Å².